The summed E-state index contributed by atoms with van der Waals surface area (Å²) in [6.07, 6.45) is 22.7. The molecule has 0 fully saturated rings. The van der Waals surface area contributed by atoms with Gasteiger partial charge < -0.3 is 0 Å². The maximum atomic E-state index is 3.32. The molecule has 4 aromatic carbocycles. The van der Waals surface area contributed by atoms with Gasteiger partial charge in [-0.15, -0.1) is 0 Å². The van der Waals surface area contributed by atoms with Gasteiger partial charge in [-0.05, 0) is 96.5 Å². The normalized spacial score (nSPS) is 10.7. The lowest BCUT2D eigenvalue weighted by atomic mass is 10.0. The van der Waals surface area contributed by atoms with E-state index in [1.807, 2.05) is 0 Å². The van der Waals surface area contributed by atoms with Crippen molar-refractivity contribution in [1.82, 2.24) is 0 Å². The summed E-state index contributed by atoms with van der Waals surface area (Å²) in [4.78, 5) is 0. The van der Waals surface area contributed by atoms with E-state index in [0.717, 1.165) is 33.4 Å². The third kappa shape index (κ3) is 13.4. The zero-order chi connectivity index (χ0) is 32.1. The molecule has 0 nitrogen and oxygen atoms in total. The van der Waals surface area contributed by atoms with Gasteiger partial charge in [-0.1, -0.05) is 162 Å². The number of aryl methyl sites for hydroxylation is 2. The zero-order valence-corrected chi connectivity index (χ0v) is 28.3. The molecule has 0 amide bonds. The lowest BCUT2D eigenvalue weighted by Gasteiger charge is -2.02. The van der Waals surface area contributed by atoms with E-state index in [2.05, 4.69) is 147 Å². The standard InChI is InChI=1S/C46H52/c1-3-5-7-9-11-13-15-39-17-21-41(22-18-39)25-27-43-29-33-45(34-30-43)37-38-46-35-31-44(32-36-46)28-26-42-23-19-40(20-24-42)16-14-12-10-8-6-4-2/h17-24,29-38H,3-16H2,1-2H3/b38-37+. The van der Waals surface area contributed by atoms with Gasteiger partial charge in [0.25, 0.3) is 0 Å². The first-order chi connectivity index (χ1) is 22.7. The Balaban J connectivity index is 1.20. The van der Waals surface area contributed by atoms with Gasteiger partial charge in [-0.25, -0.2) is 0 Å². The maximum Gasteiger partial charge on any atom is 0.0249 e. The van der Waals surface area contributed by atoms with Gasteiger partial charge in [0.2, 0.25) is 0 Å². The summed E-state index contributed by atoms with van der Waals surface area (Å²) in [6.45, 7) is 4.54. The fraction of sp³-hybridized carbons (Fsp3) is 0.348. The van der Waals surface area contributed by atoms with Crippen LogP contribution >= 0.6 is 0 Å². The molecule has 0 aliphatic carbocycles. The minimum Gasteiger partial charge on any atom is -0.0654 e. The quantitative estimate of drug-likeness (QED) is 0.0678. The third-order valence-corrected chi connectivity index (χ3v) is 8.54. The number of rotatable bonds is 16. The van der Waals surface area contributed by atoms with Crippen molar-refractivity contribution in [3.63, 3.8) is 0 Å². The summed E-state index contributed by atoms with van der Waals surface area (Å²) in [7, 11) is 0. The highest BCUT2D eigenvalue weighted by Gasteiger charge is 1.97. The average molecular weight is 605 g/mol. The molecule has 0 saturated heterocycles. The van der Waals surface area contributed by atoms with Crippen LogP contribution < -0.4 is 0 Å². The van der Waals surface area contributed by atoms with Crippen LogP contribution in [-0.2, 0) is 12.8 Å². The summed E-state index contributed by atoms with van der Waals surface area (Å²) in [5.41, 5.74) is 9.36. The lowest BCUT2D eigenvalue weighted by molar-refractivity contribution is 0.607. The number of hydrogen-bond acceptors (Lipinski definition) is 0. The summed E-state index contributed by atoms with van der Waals surface area (Å²) in [5.74, 6) is 13.3. The van der Waals surface area contributed by atoms with Crippen molar-refractivity contribution in [2.24, 2.45) is 0 Å². The highest BCUT2D eigenvalue weighted by Crippen LogP contribution is 2.14. The Morgan fingerprint density at radius 1 is 0.348 bits per heavy atom. The molecule has 0 bridgehead atoms. The molecule has 0 heterocycles. The SMILES string of the molecule is CCCCCCCCc1ccc(C#Cc2ccc(/C=C/c3ccc(C#Cc4ccc(CCCCCCCC)cc4)cc3)cc2)cc1. The molecule has 0 spiro atoms. The van der Waals surface area contributed by atoms with Gasteiger partial charge in [-0.3, -0.25) is 0 Å². The van der Waals surface area contributed by atoms with Gasteiger partial charge in [0.05, 0.1) is 0 Å². The summed E-state index contributed by atoms with van der Waals surface area (Å²) >= 11 is 0. The Labute approximate surface area is 280 Å². The molecule has 4 aromatic rings. The molecule has 0 heteroatoms. The molecule has 0 N–H and O–H groups in total. The Morgan fingerprint density at radius 2 is 0.630 bits per heavy atom. The first-order valence-corrected chi connectivity index (χ1v) is 17.8. The molecule has 4 rings (SSSR count). The molecule has 46 heavy (non-hydrogen) atoms. The van der Waals surface area contributed by atoms with Crippen molar-refractivity contribution in [3.8, 4) is 23.7 Å². The van der Waals surface area contributed by atoms with Crippen molar-refractivity contribution in [3.05, 3.63) is 142 Å². The van der Waals surface area contributed by atoms with E-state index >= 15 is 0 Å². The van der Waals surface area contributed by atoms with Gasteiger partial charge in [0.1, 0.15) is 0 Å². The molecular formula is C46H52. The maximum absolute atomic E-state index is 3.32. The smallest absolute Gasteiger partial charge is 0.0249 e. The molecule has 0 aromatic heterocycles. The van der Waals surface area contributed by atoms with E-state index in [4.69, 9.17) is 0 Å². The third-order valence-electron chi connectivity index (χ3n) is 8.54. The van der Waals surface area contributed by atoms with E-state index < -0.39 is 0 Å². The van der Waals surface area contributed by atoms with Crippen molar-refractivity contribution >= 4 is 12.2 Å². The highest BCUT2D eigenvalue weighted by atomic mass is 14.0. The fourth-order valence-electron chi connectivity index (χ4n) is 5.56. The van der Waals surface area contributed by atoms with E-state index in [-0.39, 0.29) is 0 Å². The van der Waals surface area contributed by atoms with Crippen LogP contribution in [0.4, 0.5) is 0 Å². The number of benzene rings is 4. The molecule has 0 aliphatic heterocycles. The molecular weight excluding hydrogens is 553 g/mol. The molecule has 0 aliphatic rings. The van der Waals surface area contributed by atoms with Crippen molar-refractivity contribution in [2.75, 3.05) is 0 Å². The van der Waals surface area contributed by atoms with Crippen molar-refractivity contribution in [1.29, 1.82) is 0 Å². The van der Waals surface area contributed by atoms with E-state index in [1.54, 1.807) is 0 Å². The molecule has 0 saturated carbocycles. The Morgan fingerprint density at radius 3 is 0.957 bits per heavy atom. The Kier molecular flexibility index (Phi) is 15.6. The minimum atomic E-state index is 1.03. The zero-order valence-electron chi connectivity index (χ0n) is 28.3. The fourth-order valence-corrected chi connectivity index (χ4v) is 5.56. The number of hydrogen-bond donors (Lipinski definition) is 0. The predicted octanol–water partition coefficient (Wildman–Crippen LogP) is 12.5. The average Bonchev–Trinajstić information content (AvgIpc) is 3.10. The first-order valence-electron chi connectivity index (χ1n) is 17.8. The van der Waals surface area contributed by atoms with Gasteiger partial charge in [0.15, 0.2) is 0 Å². The Hall–Kier alpha value is -4.26. The Bertz CT molecular complexity index is 1440. The summed E-state index contributed by atoms with van der Waals surface area (Å²) in [6, 6.07) is 34.5. The van der Waals surface area contributed by atoms with Crippen LogP contribution in [0.2, 0.25) is 0 Å². The topological polar surface area (TPSA) is 0 Å². The van der Waals surface area contributed by atoms with Crippen LogP contribution in [0.15, 0.2) is 97.1 Å². The number of unbranched alkanes of at least 4 members (excludes halogenated alkanes) is 10. The highest BCUT2D eigenvalue weighted by molar-refractivity contribution is 5.70. The monoisotopic (exact) mass is 604 g/mol. The predicted molar refractivity (Wildman–Crippen MR) is 201 cm³/mol. The molecule has 236 valence electrons. The second-order valence-electron chi connectivity index (χ2n) is 12.5. The van der Waals surface area contributed by atoms with Crippen LogP contribution in [0.5, 0.6) is 0 Å². The van der Waals surface area contributed by atoms with E-state index in [1.165, 1.54) is 101 Å². The van der Waals surface area contributed by atoms with E-state index in [9.17, 15) is 0 Å². The molecule has 0 atom stereocenters. The lowest BCUT2D eigenvalue weighted by Crippen LogP contribution is -1.87. The van der Waals surface area contributed by atoms with Gasteiger partial charge >= 0.3 is 0 Å². The van der Waals surface area contributed by atoms with Crippen LogP contribution in [0.25, 0.3) is 12.2 Å². The largest absolute Gasteiger partial charge is 0.0654 e. The van der Waals surface area contributed by atoms with Crippen molar-refractivity contribution < 1.29 is 0 Å². The van der Waals surface area contributed by atoms with Crippen LogP contribution in [0.3, 0.4) is 0 Å². The second-order valence-corrected chi connectivity index (χ2v) is 12.5. The van der Waals surface area contributed by atoms with Crippen LogP contribution in [0, 0.1) is 23.7 Å². The van der Waals surface area contributed by atoms with Crippen molar-refractivity contribution in [2.45, 2.75) is 104 Å². The molecule has 0 radical (unpaired) electrons. The molecule has 0 unspecified atom stereocenters. The first kappa shape index (κ1) is 34.6. The van der Waals surface area contributed by atoms with E-state index in [0.29, 0.717) is 0 Å². The summed E-state index contributed by atoms with van der Waals surface area (Å²) < 4.78 is 0. The minimum absolute atomic E-state index is 1.03. The second kappa shape index (κ2) is 20.7. The van der Waals surface area contributed by atoms with Crippen LogP contribution in [-0.4, -0.2) is 0 Å². The summed E-state index contributed by atoms with van der Waals surface area (Å²) in [5, 5.41) is 0. The van der Waals surface area contributed by atoms with Gasteiger partial charge in [-0.2, -0.15) is 0 Å². The van der Waals surface area contributed by atoms with Crippen LogP contribution in [0.1, 0.15) is 135 Å². The van der Waals surface area contributed by atoms with Gasteiger partial charge in [0, 0.05) is 22.3 Å².